The van der Waals surface area contributed by atoms with Gasteiger partial charge in [-0.2, -0.15) is 0 Å². The summed E-state index contributed by atoms with van der Waals surface area (Å²) in [7, 11) is 0. The number of carbonyl (C=O) groups excluding carboxylic acids is 1. The lowest BCUT2D eigenvalue weighted by molar-refractivity contribution is -0.131. The van der Waals surface area contributed by atoms with Crippen molar-refractivity contribution in [1.29, 1.82) is 0 Å². The fraction of sp³-hybridized carbons (Fsp3) is 0.357. The van der Waals surface area contributed by atoms with Crippen LogP contribution in [0, 0.1) is 5.92 Å². The molecule has 5 heteroatoms. The Morgan fingerprint density at radius 2 is 2.05 bits per heavy atom. The summed E-state index contributed by atoms with van der Waals surface area (Å²) in [6, 6.07) is 5.07. The molecule has 0 saturated heterocycles. The van der Waals surface area contributed by atoms with Gasteiger partial charge in [-0.1, -0.05) is 19.9 Å². The van der Waals surface area contributed by atoms with Crippen molar-refractivity contribution < 1.29 is 14.7 Å². The van der Waals surface area contributed by atoms with Crippen molar-refractivity contribution in [2.24, 2.45) is 5.92 Å². The van der Waals surface area contributed by atoms with E-state index >= 15 is 0 Å². The van der Waals surface area contributed by atoms with Crippen LogP contribution in [0.2, 0.25) is 0 Å². The fourth-order valence-corrected chi connectivity index (χ4v) is 1.66. The van der Waals surface area contributed by atoms with Crippen LogP contribution in [0.4, 0.5) is 5.82 Å². The van der Waals surface area contributed by atoms with Crippen molar-refractivity contribution in [3.8, 4) is 0 Å². The standard InChI is InChI=1S/C14H18N2O3/c1-3-10(4-2)14(19)16-12-7-5-6-11(15-12)8-9-13(17)18/h5-10H,3-4H2,1-2H3,(H,17,18)(H,15,16,19). The Hall–Kier alpha value is -2.17. The fourth-order valence-electron chi connectivity index (χ4n) is 1.66. The zero-order chi connectivity index (χ0) is 14.3. The van der Waals surface area contributed by atoms with E-state index in [-0.39, 0.29) is 11.8 Å². The number of carboxylic acid groups (broad SMARTS) is 1. The number of carboxylic acids is 1. The van der Waals surface area contributed by atoms with Gasteiger partial charge in [-0.05, 0) is 31.1 Å². The molecule has 0 bridgehead atoms. The predicted octanol–water partition coefficient (Wildman–Crippen LogP) is 2.55. The minimum Gasteiger partial charge on any atom is -0.478 e. The molecule has 5 nitrogen and oxygen atoms in total. The van der Waals surface area contributed by atoms with E-state index in [0.29, 0.717) is 11.5 Å². The van der Waals surface area contributed by atoms with Crippen LogP contribution in [0.25, 0.3) is 6.08 Å². The van der Waals surface area contributed by atoms with Gasteiger partial charge in [-0.3, -0.25) is 4.79 Å². The van der Waals surface area contributed by atoms with E-state index in [0.717, 1.165) is 18.9 Å². The Morgan fingerprint density at radius 3 is 2.63 bits per heavy atom. The predicted molar refractivity (Wildman–Crippen MR) is 73.6 cm³/mol. The number of hydrogen-bond donors (Lipinski definition) is 2. The van der Waals surface area contributed by atoms with Gasteiger partial charge >= 0.3 is 5.97 Å². The molecule has 1 amide bonds. The summed E-state index contributed by atoms with van der Waals surface area (Å²) in [6.07, 6.45) is 3.95. The molecule has 0 radical (unpaired) electrons. The number of carbonyl (C=O) groups is 2. The molecule has 1 aromatic rings. The zero-order valence-corrected chi connectivity index (χ0v) is 11.1. The van der Waals surface area contributed by atoms with E-state index in [1.165, 1.54) is 6.08 Å². The van der Waals surface area contributed by atoms with Crippen LogP contribution in [0.1, 0.15) is 32.4 Å². The van der Waals surface area contributed by atoms with Crippen LogP contribution >= 0.6 is 0 Å². The highest BCUT2D eigenvalue weighted by atomic mass is 16.4. The van der Waals surface area contributed by atoms with E-state index < -0.39 is 5.97 Å². The minimum atomic E-state index is -1.03. The summed E-state index contributed by atoms with van der Waals surface area (Å²) in [5.74, 6) is -0.686. The number of anilines is 1. The quantitative estimate of drug-likeness (QED) is 0.772. The topological polar surface area (TPSA) is 79.3 Å². The molecule has 0 fully saturated rings. The monoisotopic (exact) mass is 262 g/mol. The molecular formula is C14H18N2O3. The van der Waals surface area contributed by atoms with Crippen LogP contribution in [-0.4, -0.2) is 22.0 Å². The molecule has 0 aromatic carbocycles. The highest BCUT2D eigenvalue weighted by Crippen LogP contribution is 2.12. The Bertz CT molecular complexity index is 479. The summed E-state index contributed by atoms with van der Waals surface area (Å²) >= 11 is 0. The molecule has 1 rings (SSSR count). The summed E-state index contributed by atoms with van der Waals surface area (Å²) < 4.78 is 0. The number of hydrogen-bond acceptors (Lipinski definition) is 3. The van der Waals surface area contributed by atoms with Crippen molar-refractivity contribution in [3.05, 3.63) is 30.0 Å². The molecule has 0 spiro atoms. The molecule has 0 unspecified atom stereocenters. The molecule has 1 aromatic heterocycles. The average Bonchev–Trinajstić information content (AvgIpc) is 2.38. The maximum atomic E-state index is 11.9. The van der Waals surface area contributed by atoms with Gasteiger partial charge in [0.15, 0.2) is 0 Å². The minimum absolute atomic E-state index is 0.0278. The van der Waals surface area contributed by atoms with E-state index in [1.54, 1.807) is 18.2 Å². The highest BCUT2D eigenvalue weighted by Gasteiger charge is 2.14. The van der Waals surface area contributed by atoms with Gasteiger partial charge in [0, 0.05) is 12.0 Å². The first-order valence-corrected chi connectivity index (χ1v) is 6.25. The van der Waals surface area contributed by atoms with Crippen molar-refractivity contribution in [2.75, 3.05) is 5.32 Å². The summed E-state index contributed by atoms with van der Waals surface area (Å²) in [5.41, 5.74) is 0.491. The second-order valence-electron chi connectivity index (χ2n) is 4.12. The number of nitrogens with one attached hydrogen (secondary N) is 1. The van der Waals surface area contributed by atoms with E-state index in [1.807, 2.05) is 13.8 Å². The van der Waals surface area contributed by atoms with Gasteiger partial charge in [0.2, 0.25) is 5.91 Å². The second-order valence-corrected chi connectivity index (χ2v) is 4.12. The Balaban J connectivity index is 2.77. The zero-order valence-electron chi connectivity index (χ0n) is 11.1. The first kappa shape index (κ1) is 14.9. The normalized spacial score (nSPS) is 10.9. The van der Waals surface area contributed by atoms with Gasteiger partial charge in [0.05, 0.1) is 5.69 Å². The third-order valence-corrected chi connectivity index (χ3v) is 2.77. The second kappa shape index (κ2) is 7.31. The maximum absolute atomic E-state index is 11.9. The van der Waals surface area contributed by atoms with Crippen LogP contribution < -0.4 is 5.32 Å². The first-order chi connectivity index (χ1) is 9.06. The van der Waals surface area contributed by atoms with Crippen LogP contribution in [0.3, 0.4) is 0 Å². The number of aromatic nitrogens is 1. The van der Waals surface area contributed by atoms with Crippen LogP contribution in [0.5, 0.6) is 0 Å². The van der Waals surface area contributed by atoms with Gasteiger partial charge in [0.1, 0.15) is 5.82 Å². The Morgan fingerprint density at radius 1 is 1.37 bits per heavy atom. The van der Waals surface area contributed by atoms with Gasteiger partial charge in [-0.15, -0.1) is 0 Å². The van der Waals surface area contributed by atoms with Gasteiger partial charge < -0.3 is 10.4 Å². The lowest BCUT2D eigenvalue weighted by atomic mass is 10.0. The molecule has 19 heavy (non-hydrogen) atoms. The van der Waals surface area contributed by atoms with Crippen molar-refractivity contribution >= 4 is 23.8 Å². The summed E-state index contributed by atoms with van der Waals surface area (Å²) in [6.45, 7) is 3.93. The number of nitrogens with zero attached hydrogens (tertiary/aromatic N) is 1. The molecule has 0 atom stereocenters. The van der Waals surface area contributed by atoms with Crippen molar-refractivity contribution in [1.82, 2.24) is 4.98 Å². The molecule has 0 aliphatic heterocycles. The van der Waals surface area contributed by atoms with E-state index in [9.17, 15) is 9.59 Å². The highest BCUT2D eigenvalue weighted by molar-refractivity contribution is 5.91. The smallest absolute Gasteiger partial charge is 0.328 e. The number of amides is 1. The number of rotatable bonds is 6. The van der Waals surface area contributed by atoms with Crippen molar-refractivity contribution in [3.63, 3.8) is 0 Å². The molecule has 102 valence electrons. The van der Waals surface area contributed by atoms with Crippen LogP contribution in [-0.2, 0) is 9.59 Å². The number of aliphatic carboxylic acids is 1. The molecular weight excluding hydrogens is 244 g/mol. The largest absolute Gasteiger partial charge is 0.478 e. The Kier molecular flexibility index (Phi) is 5.73. The number of pyridine rings is 1. The summed E-state index contributed by atoms with van der Waals surface area (Å²) in [4.78, 5) is 26.5. The average molecular weight is 262 g/mol. The lowest BCUT2D eigenvalue weighted by Crippen LogP contribution is -2.22. The maximum Gasteiger partial charge on any atom is 0.328 e. The SMILES string of the molecule is CCC(CC)C(=O)Nc1cccc(C=CC(=O)O)n1. The molecule has 1 heterocycles. The summed E-state index contributed by atoms with van der Waals surface area (Å²) in [5, 5.41) is 11.3. The lowest BCUT2D eigenvalue weighted by Gasteiger charge is -2.12. The third-order valence-electron chi connectivity index (χ3n) is 2.77. The van der Waals surface area contributed by atoms with Gasteiger partial charge in [0.25, 0.3) is 0 Å². The van der Waals surface area contributed by atoms with E-state index in [4.69, 9.17) is 5.11 Å². The first-order valence-electron chi connectivity index (χ1n) is 6.25. The molecule has 0 aliphatic carbocycles. The third kappa shape index (κ3) is 4.91. The Labute approximate surface area is 112 Å². The van der Waals surface area contributed by atoms with Crippen molar-refractivity contribution in [2.45, 2.75) is 26.7 Å². The van der Waals surface area contributed by atoms with E-state index in [2.05, 4.69) is 10.3 Å². The molecule has 0 aliphatic rings. The molecule has 2 N–H and O–H groups in total. The van der Waals surface area contributed by atoms with Gasteiger partial charge in [-0.25, -0.2) is 9.78 Å². The van der Waals surface area contributed by atoms with Crippen LogP contribution in [0.15, 0.2) is 24.3 Å². The molecule has 0 saturated carbocycles.